The van der Waals surface area contributed by atoms with Crippen molar-refractivity contribution in [2.75, 3.05) is 26.8 Å². The van der Waals surface area contributed by atoms with Crippen LogP contribution in [0.5, 0.6) is 0 Å². The Hall–Kier alpha value is -2.18. The van der Waals surface area contributed by atoms with Gasteiger partial charge in [0.05, 0.1) is 23.6 Å². The van der Waals surface area contributed by atoms with E-state index < -0.39 is 21.8 Å². The summed E-state index contributed by atoms with van der Waals surface area (Å²) in [5, 5.41) is 4.42. The van der Waals surface area contributed by atoms with Crippen molar-refractivity contribution in [3.8, 4) is 0 Å². The zero-order valence-electron chi connectivity index (χ0n) is 17.3. The third-order valence-corrected chi connectivity index (χ3v) is 7.29. The molecule has 31 heavy (non-hydrogen) atoms. The van der Waals surface area contributed by atoms with E-state index in [-0.39, 0.29) is 29.6 Å². The van der Waals surface area contributed by atoms with Crippen molar-refractivity contribution in [2.24, 2.45) is 0 Å². The Balaban J connectivity index is 1.77. The fraction of sp³-hybridized carbons (Fsp3) is 0.579. The summed E-state index contributed by atoms with van der Waals surface area (Å²) in [5.74, 6) is 0.476. The molecule has 0 N–H and O–H groups in total. The summed E-state index contributed by atoms with van der Waals surface area (Å²) < 4.78 is 73.8. The summed E-state index contributed by atoms with van der Waals surface area (Å²) in [5.41, 5.74) is -1.24. The summed E-state index contributed by atoms with van der Waals surface area (Å²) in [7, 11) is -2.53. The first kappa shape index (κ1) is 23.5. The van der Waals surface area contributed by atoms with Gasteiger partial charge in [-0.15, -0.1) is 0 Å². The first-order valence-electron chi connectivity index (χ1n) is 9.93. The Labute approximate surface area is 178 Å². The van der Waals surface area contributed by atoms with Crippen LogP contribution in [0.2, 0.25) is 0 Å². The lowest BCUT2D eigenvalue weighted by Gasteiger charge is -2.30. The molecule has 0 radical (unpaired) electrons. The lowest BCUT2D eigenvalue weighted by molar-refractivity contribution is -0.137. The van der Waals surface area contributed by atoms with Gasteiger partial charge in [-0.2, -0.15) is 22.6 Å². The third kappa shape index (κ3) is 4.85. The number of benzene rings is 1. The largest absolute Gasteiger partial charge is 0.416 e. The maximum Gasteiger partial charge on any atom is 0.416 e. The molecule has 1 aromatic carbocycles. The number of methoxy groups -OCH3 is 1. The van der Waals surface area contributed by atoms with Crippen LogP contribution in [0.1, 0.15) is 37.1 Å². The molecule has 0 amide bonds. The van der Waals surface area contributed by atoms with Crippen LogP contribution in [0.4, 0.5) is 13.2 Å². The fourth-order valence-electron chi connectivity index (χ4n) is 3.72. The fourth-order valence-corrected chi connectivity index (χ4v) is 5.23. The first-order valence-corrected chi connectivity index (χ1v) is 11.4. The standard InChI is InChI=1S/C19H25F3N4O4S/c1-3-25-17(23-26(18(25)27)11-12-30-2)14-7-9-24(10-8-14)31(28,29)16-6-4-5-15(13-16)19(20,21)22/h4-6,13-14H,3,7-12H2,1-2H3. The minimum Gasteiger partial charge on any atom is -0.383 e. The molecule has 8 nitrogen and oxygen atoms in total. The molecule has 0 atom stereocenters. The van der Waals surface area contributed by atoms with Crippen LogP contribution in [0.25, 0.3) is 0 Å². The van der Waals surface area contributed by atoms with Gasteiger partial charge in [0.1, 0.15) is 5.82 Å². The second-order valence-corrected chi connectivity index (χ2v) is 9.24. The monoisotopic (exact) mass is 462 g/mol. The van der Waals surface area contributed by atoms with Crippen molar-refractivity contribution in [2.45, 2.75) is 49.8 Å². The number of aromatic nitrogens is 3. The molecule has 1 aromatic heterocycles. The van der Waals surface area contributed by atoms with Gasteiger partial charge >= 0.3 is 11.9 Å². The molecule has 2 heterocycles. The SMILES string of the molecule is CCn1c(C2CCN(S(=O)(=O)c3cccc(C(F)(F)F)c3)CC2)nn(CCOC)c1=O. The predicted octanol–water partition coefficient (Wildman–Crippen LogP) is 2.30. The summed E-state index contributed by atoms with van der Waals surface area (Å²) in [6, 6.07) is 3.76. The summed E-state index contributed by atoms with van der Waals surface area (Å²) in [4.78, 5) is 12.1. The number of halogens is 3. The summed E-state index contributed by atoms with van der Waals surface area (Å²) in [6.07, 6.45) is -3.79. The van der Waals surface area contributed by atoms with Crippen LogP contribution in [-0.4, -0.2) is 53.9 Å². The van der Waals surface area contributed by atoms with Crippen LogP contribution in [0.3, 0.4) is 0 Å². The zero-order valence-corrected chi connectivity index (χ0v) is 18.1. The van der Waals surface area contributed by atoms with E-state index in [1.165, 1.54) is 22.2 Å². The molecule has 0 unspecified atom stereocenters. The number of alkyl halides is 3. The third-order valence-electron chi connectivity index (χ3n) is 5.39. The molecule has 0 bridgehead atoms. The van der Waals surface area contributed by atoms with E-state index in [1.807, 2.05) is 6.92 Å². The lowest BCUT2D eigenvalue weighted by Crippen LogP contribution is -2.38. The van der Waals surface area contributed by atoms with Crippen molar-refractivity contribution in [3.63, 3.8) is 0 Å². The highest BCUT2D eigenvalue weighted by atomic mass is 32.2. The van der Waals surface area contributed by atoms with Crippen molar-refractivity contribution < 1.29 is 26.3 Å². The smallest absolute Gasteiger partial charge is 0.383 e. The van der Waals surface area contributed by atoms with Gasteiger partial charge in [-0.1, -0.05) is 6.07 Å². The Bertz CT molecular complexity index is 1070. The van der Waals surface area contributed by atoms with Gasteiger partial charge in [-0.25, -0.2) is 17.9 Å². The normalized spacial score (nSPS) is 16.7. The maximum atomic E-state index is 13.0. The quantitative estimate of drug-likeness (QED) is 0.630. The Kier molecular flexibility index (Phi) is 6.92. The Morgan fingerprint density at radius 1 is 1.23 bits per heavy atom. The van der Waals surface area contributed by atoms with Crippen molar-refractivity contribution in [3.05, 3.63) is 46.1 Å². The molecule has 1 aliphatic heterocycles. The van der Waals surface area contributed by atoms with Gasteiger partial charge in [-0.3, -0.25) is 4.57 Å². The predicted molar refractivity (Wildman–Crippen MR) is 106 cm³/mol. The van der Waals surface area contributed by atoms with Crippen LogP contribution in [0.15, 0.2) is 34.0 Å². The van der Waals surface area contributed by atoms with Crippen LogP contribution < -0.4 is 5.69 Å². The molecular weight excluding hydrogens is 437 g/mol. The maximum absolute atomic E-state index is 13.0. The van der Waals surface area contributed by atoms with Gasteiger partial charge in [0, 0.05) is 32.7 Å². The van der Waals surface area contributed by atoms with E-state index in [0.717, 1.165) is 12.1 Å². The summed E-state index contributed by atoms with van der Waals surface area (Å²) in [6.45, 7) is 3.19. The highest BCUT2D eigenvalue weighted by molar-refractivity contribution is 7.89. The van der Waals surface area contributed by atoms with Gasteiger partial charge in [0.2, 0.25) is 10.0 Å². The highest BCUT2D eigenvalue weighted by Gasteiger charge is 2.35. The minimum atomic E-state index is -4.62. The Morgan fingerprint density at radius 3 is 2.48 bits per heavy atom. The van der Waals surface area contributed by atoms with E-state index in [9.17, 15) is 26.4 Å². The molecule has 1 saturated heterocycles. The number of sulfonamides is 1. The molecule has 0 saturated carbocycles. The molecule has 0 aliphatic carbocycles. The minimum absolute atomic E-state index is 0.121. The number of ether oxygens (including phenoxy) is 1. The molecule has 12 heteroatoms. The van der Waals surface area contributed by atoms with E-state index >= 15 is 0 Å². The average molecular weight is 462 g/mol. The molecule has 1 aliphatic rings. The van der Waals surface area contributed by atoms with Gasteiger partial charge in [0.25, 0.3) is 0 Å². The number of piperidine rings is 1. The van der Waals surface area contributed by atoms with E-state index in [2.05, 4.69) is 5.10 Å². The van der Waals surface area contributed by atoms with Gasteiger partial charge in [0.15, 0.2) is 0 Å². The van der Waals surface area contributed by atoms with Crippen molar-refractivity contribution in [1.29, 1.82) is 0 Å². The molecule has 172 valence electrons. The van der Waals surface area contributed by atoms with E-state index in [0.29, 0.717) is 44.4 Å². The molecular formula is C19H25F3N4O4S. The molecule has 0 spiro atoms. The van der Waals surface area contributed by atoms with Crippen molar-refractivity contribution in [1.82, 2.24) is 18.7 Å². The average Bonchev–Trinajstić information content (AvgIpc) is 3.07. The van der Waals surface area contributed by atoms with Crippen LogP contribution in [-0.2, 0) is 34.0 Å². The zero-order chi connectivity index (χ0) is 22.8. The number of rotatable bonds is 7. The second-order valence-electron chi connectivity index (χ2n) is 7.30. The lowest BCUT2D eigenvalue weighted by atomic mass is 9.97. The van der Waals surface area contributed by atoms with Gasteiger partial charge in [-0.05, 0) is 38.0 Å². The van der Waals surface area contributed by atoms with E-state index in [4.69, 9.17) is 4.74 Å². The van der Waals surface area contributed by atoms with E-state index in [1.54, 1.807) is 4.57 Å². The first-order chi connectivity index (χ1) is 14.6. The second kappa shape index (κ2) is 9.13. The van der Waals surface area contributed by atoms with Crippen LogP contribution >= 0.6 is 0 Å². The topological polar surface area (TPSA) is 86.4 Å². The van der Waals surface area contributed by atoms with Crippen molar-refractivity contribution >= 4 is 10.0 Å². The molecule has 3 rings (SSSR count). The Morgan fingerprint density at radius 2 is 1.90 bits per heavy atom. The van der Waals surface area contributed by atoms with Crippen LogP contribution in [0, 0.1) is 0 Å². The molecule has 2 aromatic rings. The number of hydrogen-bond donors (Lipinski definition) is 0. The molecule has 1 fully saturated rings. The number of hydrogen-bond acceptors (Lipinski definition) is 5. The highest BCUT2D eigenvalue weighted by Crippen LogP contribution is 2.33. The summed E-state index contributed by atoms with van der Waals surface area (Å²) >= 11 is 0. The van der Waals surface area contributed by atoms with Gasteiger partial charge < -0.3 is 4.74 Å². The number of nitrogens with zero attached hydrogens (tertiary/aromatic N) is 4.